The van der Waals surface area contributed by atoms with Crippen LogP contribution in [-0.4, -0.2) is 40.1 Å². The van der Waals surface area contributed by atoms with Crippen LogP contribution in [0.3, 0.4) is 0 Å². The van der Waals surface area contributed by atoms with Crippen molar-refractivity contribution in [2.75, 3.05) is 24.3 Å². The molecule has 0 saturated carbocycles. The zero-order valence-electron chi connectivity index (χ0n) is 21.2. The van der Waals surface area contributed by atoms with Crippen molar-refractivity contribution in [2.24, 2.45) is 0 Å². The lowest BCUT2D eigenvalue weighted by Gasteiger charge is -2.12. The van der Waals surface area contributed by atoms with E-state index in [4.69, 9.17) is 14.5 Å². The summed E-state index contributed by atoms with van der Waals surface area (Å²) in [6, 6.07) is 23.2. The Labute approximate surface area is 221 Å². The maximum atomic E-state index is 12.6. The highest BCUT2D eigenvalue weighted by Gasteiger charge is 2.16. The van der Waals surface area contributed by atoms with Gasteiger partial charge in [0, 0.05) is 16.8 Å². The van der Waals surface area contributed by atoms with E-state index in [0.29, 0.717) is 29.8 Å². The summed E-state index contributed by atoms with van der Waals surface area (Å²) < 4.78 is 11.2. The molecular weight excluding hydrogens is 484 g/mol. The van der Waals surface area contributed by atoms with Gasteiger partial charge >= 0.3 is 0 Å². The maximum absolute atomic E-state index is 12.6. The van der Waals surface area contributed by atoms with Crippen LogP contribution in [0.25, 0.3) is 22.5 Å². The van der Waals surface area contributed by atoms with Crippen molar-refractivity contribution < 1.29 is 14.3 Å². The van der Waals surface area contributed by atoms with E-state index in [1.165, 1.54) is 11.8 Å². The summed E-state index contributed by atoms with van der Waals surface area (Å²) in [7, 11) is 0. The van der Waals surface area contributed by atoms with E-state index in [-0.39, 0.29) is 11.7 Å². The van der Waals surface area contributed by atoms with Crippen LogP contribution >= 0.6 is 11.8 Å². The molecule has 8 heteroatoms. The molecule has 190 valence electrons. The molecule has 4 rings (SSSR count). The summed E-state index contributed by atoms with van der Waals surface area (Å²) in [6.07, 6.45) is 0.842. The van der Waals surface area contributed by atoms with Gasteiger partial charge in [0.1, 0.15) is 22.9 Å². The Hall–Kier alpha value is -3.91. The van der Waals surface area contributed by atoms with E-state index in [9.17, 15) is 4.79 Å². The summed E-state index contributed by atoms with van der Waals surface area (Å²) in [5.74, 6) is 1.63. The molecule has 0 fully saturated rings. The van der Waals surface area contributed by atoms with Crippen LogP contribution in [0.15, 0.2) is 78.0 Å². The number of thioether (sulfide) groups is 1. The molecule has 0 radical (unpaired) electrons. The first kappa shape index (κ1) is 26.2. The third kappa shape index (κ3) is 6.86. The molecule has 0 atom stereocenters. The highest BCUT2D eigenvalue weighted by Crippen LogP contribution is 2.32. The SMILES string of the molecule is CCOc1ccc(-c2nnc(SCC(=O)Nc3ccccc3CC)nc2-c2ccc(OCC)cc2)cc1. The van der Waals surface area contributed by atoms with Crippen molar-refractivity contribution in [3.8, 4) is 34.0 Å². The average molecular weight is 515 g/mol. The van der Waals surface area contributed by atoms with Gasteiger partial charge in [-0.3, -0.25) is 4.79 Å². The molecule has 1 heterocycles. The van der Waals surface area contributed by atoms with Crippen LogP contribution in [0.2, 0.25) is 0 Å². The number of rotatable bonds is 11. The van der Waals surface area contributed by atoms with E-state index in [1.54, 1.807) is 0 Å². The Morgan fingerprint density at radius 1 is 0.784 bits per heavy atom. The molecule has 0 aliphatic carbocycles. The summed E-state index contributed by atoms with van der Waals surface area (Å²) in [5, 5.41) is 12.3. The summed E-state index contributed by atoms with van der Waals surface area (Å²) in [4.78, 5) is 17.5. The summed E-state index contributed by atoms with van der Waals surface area (Å²) in [5.41, 5.74) is 5.01. The first-order valence-electron chi connectivity index (χ1n) is 12.3. The third-order valence-electron chi connectivity index (χ3n) is 5.55. The molecule has 37 heavy (non-hydrogen) atoms. The first-order valence-corrected chi connectivity index (χ1v) is 13.3. The van der Waals surface area contributed by atoms with Gasteiger partial charge in [-0.1, -0.05) is 36.9 Å². The number of carbonyl (C=O) groups is 1. The summed E-state index contributed by atoms with van der Waals surface area (Å²) in [6.45, 7) is 7.16. The lowest BCUT2D eigenvalue weighted by Crippen LogP contribution is -2.15. The van der Waals surface area contributed by atoms with Crippen LogP contribution in [0.4, 0.5) is 5.69 Å². The van der Waals surface area contributed by atoms with E-state index < -0.39 is 0 Å². The van der Waals surface area contributed by atoms with Gasteiger partial charge in [0.15, 0.2) is 0 Å². The van der Waals surface area contributed by atoms with Crippen molar-refractivity contribution in [1.29, 1.82) is 0 Å². The lowest BCUT2D eigenvalue weighted by molar-refractivity contribution is -0.113. The first-order chi connectivity index (χ1) is 18.1. The Morgan fingerprint density at radius 2 is 1.38 bits per heavy atom. The van der Waals surface area contributed by atoms with Gasteiger partial charge in [-0.05, 0) is 80.4 Å². The molecule has 0 saturated heterocycles. The number of para-hydroxylation sites is 1. The molecule has 0 aliphatic rings. The van der Waals surface area contributed by atoms with Gasteiger partial charge in [-0.2, -0.15) is 0 Å². The molecule has 0 spiro atoms. The predicted octanol–water partition coefficient (Wildman–Crippen LogP) is 6.30. The lowest BCUT2D eigenvalue weighted by atomic mass is 10.0. The zero-order valence-corrected chi connectivity index (χ0v) is 22.0. The van der Waals surface area contributed by atoms with Crippen molar-refractivity contribution >= 4 is 23.4 Å². The standard InChI is InChI=1S/C29H30N4O3S/c1-4-20-9-7-8-10-25(20)30-26(34)19-37-29-31-27(21-11-15-23(16-12-21)35-5-2)28(32-33-29)22-13-17-24(18-14-22)36-6-3/h7-18H,4-6,19H2,1-3H3,(H,30,34). The number of amides is 1. The van der Waals surface area contributed by atoms with Crippen molar-refractivity contribution in [3.05, 3.63) is 78.4 Å². The number of aryl methyl sites for hydroxylation is 1. The predicted molar refractivity (Wildman–Crippen MR) is 148 cm³/mol. The van der Waals surface area contributed by atoms with E-state index >= 15 is 0 Å². The Bertz CT molecular complexity index is 1330. The Morgan fingerprint density at radius 3 is 1.97 bits per heavy atom. The highest BCUT2D eigenvalue weighted by atomic mass is 32.2. The fourth-order valence-corrected chi connectivity index (χ4v) is 4.37. The van der Waals surface area contributed by atoms with Crippen LogP contribution in [0.1, 0.15) is 26.3 Å². The molecule has 0 aliphatic heterocycles. The van der Waals surface area contributed by atoms with Crippen LogP contribution < -0.4 is 14.8 Å². The monoisotopic (exact) mass is 514 g/mol. The summed E-state index contributed by atoms with van der Waals surface area (Å²) >= 11 is 1.25. The van der Waals surface area contributed by atoms with Gasteiger partial charge in [-0.25, -0.2) is 4.98 Å². The topological polar surface area (TPSA) is 86.2 Å². The molecule has 4 aromatic rings. The van der Waals surface area contributed by atoms with Crippen LogP contribution in [-0.2, 0) is 11.2 Å². The average Bonchev–Trinajstić information content (AvgIpc) is 2.93. The second-order valence-electron chi connectivity index (χ2n) is 8.05. The number of hydrogen-bond acceptors (Lipinski definition) is 7. The van der Waals surface area contributed by atoms with Gasteiger partial charge in [0.2, 0.25) is 11.1 Å². The van der Waals surface area contributed by atoms with Gasteiger partial charge in [0.25, 0.3) is 0 Å². The van der Waals surface area contributed by atoms with Crippen molar-refractivity contribution in [2.45, 2.75) is 32.3 Å². The van der Waals surface area contributed by atoms with E-state index in [1.807, 2.05) is 86.6 Å². The molecule has 1 amide bonds. The Kier molecular flexibility index (Phi) is 9.10. The van der Waals surface area contributed by atoms with Gasteiger partial charge < -0.3 is 14.8 Å². The fraction of sp³-hybridized carbons (Fsp3) is 0.241. The Balaban J connectivity index is 1.58. The second-order valence-corrected chi connectivity index (χ2v) is 9.00. The second kappa shape index (κ2) is 12.9. The maximum Gasteiger partial charge on any atom is 0.234 e. The minimum atomic E-state index is -0.118. The zero-order chi connectivity index (χ0) is 26.0. The smallest absolute Gasteiger partial charge is 0.234 e. The number of anilines is 1. The number of carbonyl (C=O) groups excluding carboxylic acids is 1. The molecule has 7 nitrogen and oxygen atoms in total. The number of benzene rings is 3. The number of aromatic nitrogens is 3. The molecule has 0 bridgehead atoms. The largest absolute Gasteiger partial charge is 0.494 e. The number of ether oxygens (including phenoxy) is 2. The minimum absolute atomic E-state index is 0.118. The number of hydrogen-bond donors (Lipinski definition) is 1. The quantitative estimate of drug-likeness (QED) is 0.235. The molecule has 3 aromatic carbocycles. The van der Waals surface area contributed by atoms with Gasteiger partial charge in [0.05, 0.1) is 19.0 Å². The van der Waals surface area contributed by atoms with E-state index in [2.05, 4.69) is 22.4 Å². The van der Waals surface area contributed by atoms with Crippen molar-refractivity contribution in [3.63, 3.8) is 0 Å². The minimum Gasteiger partial charge on any atom is -0.494 e. The van der Waals surface area contributed by atoms with Crippen molar-refractivity contribution in [1.82, 2.24) is 15.2 Å². The van der Waals surface area contributed by atoms with Crippen LogP contribution in [0, 0.1) is 0 Å². The van der Waals surface area contributed by atoms with Gasteiger partial charge in [-0.15, -0.1) is 10.2 Å². The molecule has 1 N–H and O–H groups in total. The highest BCUT2D eigenvalue weighted by molar-refractivity contribution is 7.99. The number of nitrogens with zero attached hydrogens (tertiary/aromatic N) is 3. The molecule has 0 unspecified atom stereocenters. The van der Waals surface area contributed by atoms with E-state index in [0.717, 1.165) is 40.3 Å². The molecule has 1 aromatic heterocycles. The molecular formula is C29H30N4O3S. The third-order valence-corrected chi connectivity index (χ3v) is 6.39. The van der Waals surface area contributed by atoms with Crippen LogP contribution in [0.5, 0.6) is 11.5 Å². The fourth-order valence-electron chi connectivity index (χ4n) is 3.79. The number of nitrogens with one attached hydrogen (secondary N) is 1. The normalized spacial score (nSPS) is 10.7.